The summed E-state index contributed by atoms with van der Waals surface area (Å²) in [6.45, 7) is -0.244. The molecule has 8 heteroatoms. The van der Waals surface area contributed by atoms with E-state index in [4.69, 9.17) is 15.6 Å². The highest BCUT2D eigenvalue weighted by atomic mass is 19.1. The number of aliphatic hydroxyl groups is 1. The highest BCUT2D eigenvalue weighted by Crippen LogP contribution is 2.33. The van der Waals surface area contributed by atoms with Gasteiger partial charge in [-0.1, -0.05) is 0 Å². The first kappa shape index (κ1) is 12.1. The SMILES string of the molecule is Nc1nc2c(ccn2C2OC(CO)CC2F)c(=O)[nH]1. The molecule has 19 heavy (non-hydrogen) atoms. The first-order valence-electron chi connectivity index (χ1n) is 5.87. The lowest BCUT2D eigenvalue weighted by atomic mass is 10.2. The van der Waals surface area contributed by atoms with Crippen molar-refractivity contribution in [2.45, 2.75) is 24.9 Å². The average molecular weight is 268 g/mol. The number of nitrogens with two attached hydrogens (primary N) is 1. The van der Waals surface area contributed by atoms with Gasteiger partial charge in [0.2, 0.25) is 5.95 Å². The van der Waals surface area contributed by atoms with Crippen molar-refractivity contribution in [1.29, 1.82) is 0 Å². The number of aromatic nitrogens is 3. The van der Waals surface area contributed by atoms with Crippen molar-refractivity contribution in [2.75, 3.05) is 12.3 Å². The minimum atomic E-state index is -1.27. The number of alkyl halides is 1. The number of hydrogen-bond donors (Lipinski definition) is 3. The van der Waals surface area contributed by atoms with Crippen LogP contribution < -0.4 is 11.3 Å². The summed E-state index contributed by atoms with van der Waals surface area (Å²) in [5, 5.41) is 9.33. The Balaban J connectivity index is 2.09. The van der Waals surface area contributed by atoms with Crippen LogP contribution in [0.2, 0.25) is 0 Å². The van der Waals surface area contributed by atoms with Gasteiger partial charge >= 0.3 is 0 Å². The fourth-order valence-electron chi connectivity index (χ4n) is 2.33. The number of fused-ring (bicyclic) bond motifs is 1. The molecule has 0 radical (unpaired) electrons. The van der Waals surface area contributed by atoms with Crippen LogP contribution in [-0.4, -0.2) is 38.5 Å². The zero-order valence-electron chi connectivity index (χ0n) is 9.91. The molecular formula is C11H13FN4O3. The van der Waals surface area contributed by atoms with E-state index in [0.717, 1.165) is 0 Å². The maximum Gasteiger partial charge on any atom is 0.261 e. The molecule has 7 nitrogen and oxygen atoms in total. The lowest BCUT2D eigenvalue weighted by Crippen LogP contribution is -2.18. The number of anilines is 1. The summed E-state index contributed by atoms with van der Waals surface area (Å²) in [5.74, 6) is -0.0374. The molecule has 3 heterocycles. The summed E-state index contributed by atoms with van der Waals surface area (Å²) in [4.78, 5) is 18.0. The van der Waals surface area contributed by atoms with Crippen LogP contribution in [0.25, 0.3) is 11.0 Å². The van der Waals surface area contributed by atoms with Crippen LogP contribution in [-0.2, 0) is 4.74 Å². The molecule has 1 aliphatic rings. The van der Waals surface area contributed by atoms with Crippen molar-refractivity contribution in [2.24, 2.45) is 0 Å². The minimum Gasteiger partial charge on any atom is -0.394 e. The molecule has 2 aromatic rings. The molecule has 3 atom stereocenters. The van der Waals surface area contributed by atoms with E-state index in [1.54, 1.807) is 0 Å². The molecular weight excluding hydrogens is 255 g/mol. The van der Waals surface area contributed by atoms with E-state index in [-0.39, 0.29) is 30.2 Å². The van der Waals surface area contributed by atoms with Crippen LogP contribution >= 0.6 is 0 Å². The maximum absolute atomic E-state index is 13.9. The van der Waals surface area contributed by atoms with E-state index in [1.165, 1.54) is 16.8 Å². The Kier molecular flexibility index (Phi) is 2.76. The van der Waals surface area contributed by atoms with Crippen LogP contribution in [0.1, 0.15) is 12.6 Å². The Morgan fingerprint density at radius 3 is 3.16 bits per heavy atom. The molecule has 2 aromatic heterocycles. The molecule has 1 saturated heterocycles. The van der Waals surface area contributed by atoms with Crippen molar-refractivity contribution in [3.8, 4) is 0 Å². The second-order valence-electron chi connectivity index (χ2n) is 4.49. The zero-order valence-corrected chi connectivity index (χ0v) is 9.91. The van der Waals surface area contributed by atoms with Crippen molar-refractivity contribution in [3.63, 3.8) is 0 Å². The summed E-state index contributed by atoms with van der Waals surface area (Å²) < 4.78 is 20.7. The molecule has 0 amide bonds. The molecule has 3 unspecified atom stereocenters. The van der Waals surface area contributed by atoms with Gasteiger partial charge in [0.05, 0.1) is 18.1 Å². The highest BCUT2D eigenvalue weighted by Gasteiger charge is 2.37. The van der Waals surface area contributed by atoms with Gasteiger partial charge in [0.25, 0.3) is 5.56 Å². The fourth-order valence-corrected chi connectivity index (χ4v) is 2.33. The van der Waals surface area contributed by atoms with E-state index >= 15 is 0 Å². The van der Waals surface area contributed by atoms with Gasteiger partial charge in [-0.05, 0) is 6.07 Å². The third kappa shape index (κ3) is 1.89. The predicted octanol–water partition coefficient (Wildman–Crippen LogP) is -0.0753. The van der Waals surface area contributed by atoms with Gasteiger partial charge in [-0.3, -0.25) is 9.78 Å². The number of nitrogen functional groups attached to an aromatic ring is 1. The maximum atomic E-state index is 13.9. The fraction of sp³-hybridized carbons (Fsp3) is 0.455. The standard InChI is InChI=1S/C11H13FN4O3/c12-7-3-5(4-17)19-10(7)16-2-1-6-8(16)14-11(13)15-9(6)18/h1-2,5,7,10,17H,3-4H2,(H3,13,14,15,18). The second kappa shape index (κ2) is 4.32. The number of rotatable bonds is 2. The predicted molar refractivity (Wildman–Crippen MR) is 65.3 cm³/mol. The summed E-state index contributed by atoms with van der Waals surface area (Å²) >= 11 is 0. The molecule has 1 fully saturated rings. The van der Waals surface area contributed by atoms with E-state index in [9.17, 15) is 9.18 Å². The van der Waals surface area contributed by atoms with Crippen LogP contribution in [0.15, 0.2) is 17.1 Å². The lowest BCUT2D eigenvalue weighted by Gasteiger charge is -2.16. The van der Waals surface area contributed by atoms with Crippen LogP contribution in [0.3, 0.4) is 0 Å². The molecule has 4 N–H and O–H groups in total. The summed E-state index contributed by atoms with van der Waals surface area (Å²) in [5.41, 5.74) is 5.37. The van der Waals surface area contributed by atoms with E-state index < -0.39 is 18.5 Å². The monoisotopic (exact) mass is 268 g/mol. The molecule has 0 aliphatic carbocycles. The Hall–Kier alpha value is -1.93. The summed E-state index contributed by atoms with van der Waals surface area (Å²) in [6, 6.07) is 1.53. The van der Waals surface area contributed by atoms with Gasteiger partial charge in [-0.25, -0.2) is 4.39 Å². The molecule has 0 saturated carbocycles. The number of ether oxygens (including phenoxy) is 1. The Bertz CT molecular complexity index is 667. The van der Waals surface area contributed by atoms with Gasteiger partial charge in [0, 0.05) is 12.6 Å². The molecule has 1 aliphatic heterocycles. The molecule has 3 rings (SSSR count). The van der Waals surface area contributed by atoms with Crippen molar-refractivity contribution in [1.82, 2.24) is 14.5 Å². The van der Waals surface area contributed by atoms with Crippen LogP contribution in [0.4, 0.5) is 10.3 Å². The zero-order chi connectivity index (χ0) is 13.6. The van der Waals surface area contributed by atoms with Crippen molar-refractivity contribution >= 4 is 17.0 Å². The molecule has 102 valence electrons. The van der Waals surface area contributed by atoms with Crippen LogP contribution in [0.5, 0.6) is 0 Å². The van der Waals surface area contributed by atoms with Gasteiger partial charge in [0.15, 0.2) is 11.9 Å². The Morgan fingerprint density at radius 2 is 2.47 bits per heavy atom. The molecule has 0 spiro atoms. The van der Waals surface area contributed by atoms with Gasteiger partial charge in [-0.2, -0.15) is 4.98 Å². The normalized spacial score (nSPS) is 27.2. The Morgan fingerprint density at radius 1 is 1.68 bits per heavy atom. The topological polar surface area (TPSA) is 106 Å². The first-order valence-corrected chi connectivity index (χ1v) is 5.87. The van der Waals surface area contributed by atoms with Crippen LogP contribution in [0, 0.1) is 0 Å². The quantitative estimate of drug-likeness (QED) is 0.706. The number of aliphatic hydroxyl groups excluding tert-OH is 1. The summed E-state index contributed by atoms with van der Waals surface area (Å²) in [7, 11) is 0. The second-order valence-corrected chi connectivity index (χ2v) is 4.49. The van der Waals surface area contributed by atoms with Crippen molar-refractivity contribution in [3.05, 3.63) is 22.6 Å². The number of nitrogens with one attached hydrogen (secondary N) is 1. The Labute approximate surface area is 106 Å². The lowest BCUT2D eigenvalue weighted by molar-refractivity contribution is -0.0348. The van der Waals surface area contributed by atoms with E-state index in [0.29, 0.717) is 5.39 Å². The third-order valence-electron chi connectivity index (χ3n) is 3.21. The number of hydrogen-bond acceptors (Lipinski definition) is 5. The van der Waals surface area contributed by atoms with E-state index in [2.05, 4.69) is 9.97 Å². The number of aromatic amines is 1. The van der Waals surface area contributed by atoms with Gasteiger partial charge < -0.3 is 20.1 Å². The average Bonchev–Trinajstić information content (AvgIpc) is 2.92. The first-order chi connectivity index (χ1) is 9.10. The number of H-pyrrole nitrogens is 1. The van der Waals surface area contributed by atoms with Gasteiger partial charge in [-0.15, -0.1) is 0 Å². The highest BCUT2D eigenvalue weighted by molar-refractivity contribution is 5.76. The smallest absolute Gasteiger partial charge is 0.261 e. The summed E-state index contributed by atoms with van der Waals surface area (Å²) in [6.07, 6.45) is -1.07. The number of nitrogens with zero attached hydrogens (tertiary/aromatic N) is 2. The van der Waals surface area contributed by atoms with E-state index in [1.807, 2.05) is 0 Å². The minimum absolute atomic E-state index is 0.0374. The largest absolute Gasteiger partial charge is 0.394 e. The van der Waals surface area contributed by atoms with Crippen molar-refractivity contribution < 1.29 is 14.2 Å². The number of halogens is 1. The van der Waals surface area contributed by atoms with Gasteiger partial charge in [0.1, 0.15) is 6.17 Å². The third-order valence-corrected chi connectivity index (χ3v) is 3.21. The molecule has 0 aromatic carbocycles. The molecule has 0 bridgehead atoms.